The number of hydrogen-bond acceptors (Lipinski definition) is 4. The van der Waals surface area contributed by atoms with Crippen LogP contribution >= 0.6 is 11.8 Å². The minimum Gasteiger partial charge on any atom is -0.481 e. The molecule has 6 heteroatoms. The highest BCUT2D eigenvalue weighted by atomic mass is 32.2. The summed E-state index contributed by atoms with van der Waals surface area (Å²) in [4.78, 5) is 10.7. The van der Waals surface area contributed by atoms with Crippen LogP contribution in [-0.4, -0.2) is 31.6 Å². The summed E-state index contributed by atoms with van der Waals surface area (Å²) in [7, 11) is 0. The minimum atomic E-state index is -0.826. The number of carboxylic acids is 1. The summed E-state index contributed by atoms with van der Waals surface area (Å²) in [5.74, 6) is 1.07. The number of thioether (sulfide) groups is 1. The van der Waals surface area contributed by atoms with Crippen LogP contribution in [0, 0.1) is 5.92 Å². The van der Waals surface area contributed by atoms with Crippen molar-refractivity contribution in [3.63, 3.8) is 0 Å². The molecule has 0 fully saturated rings. The predicted molar refractivity (Wildman–Crippen MR) is 76.5 cm³/mol. The van der Waals surface area contributed by atoms with Crippen molar-refractivity contribution >= 4 is 17.7 Å². The van der Waals surface area contributed by atoms with Crippen molar-refractivity contribution in [3.05, 3.63) is 5.82 Å². The lowest BCUT2D eigenvalue weighted by Crippen LogP contribution is -2.13. The Morgan fingerprint density at radius 3 is 2.42 bits per heavy atom. The van der Waals surface area contributed by atoms with E-state index in [4.69, 9.17) is 5.11 Å². The van der Waals surface area contributed by atoms with E-state index in [0.717, 1.165) is 30.4 Å². The molecule has 0 saturated heterocycles. The molecule has 1 heterocycles. The van der Waals surface area contributed by atoms with E-state index in [9.17, 15) is 4.79 Å². The molecular weight excluding hydrogens is 262 g/mol. The van der Waals surface area contributed by atoms with E-state index in [1.165, 1.54) is 11.8 Å². The van der Waals surface area contributed by atoms with Crippen molar-refractivity contribution in [1.29, 1.82) is 0 Å². The fourth-order valence-corrected chi connectivity index (χ4v) is 2.70. The second-order valence-electron chi connectivity index (χ2n) is 5.04. The second kappa shape index (κ2) is 7.53. The first-order valence-corrected chi connectivity index (χ1v) is 7.75. The van der Waals surface area contributed by atoms with E-state index in [1.807, 2.05) is 0 Å². The largest absolute Gasteiger partial charge is 0.481 e. The summed E-state index contributed by atoms with van der Waals surface area (Å²) in [6.07, 6.45) is 2.05. The molecule has 0 aliphatic heterocycles. The van der Waals surface area contributed by atoms with Crippen molar-refractivity contribution in [1.82, 2.24) is 14.8 Å². The second-order valence-corrected chi connectivity index (χ2v) is 5.98. The van der Waals surface area contributed by atoms with E-state index < -0.39 is 5.97 Å². The van der Waals surface area contributed by atoms with Gasteiger partial charge in [-0.25, -0.2) is 0 Å². The molecule has 1 aromatic heterocycles. The van der Waals surface area contributed by atoms with Crippen LogP contribution in [0.1, 0.15) is 52.3 Å². The van der Waals surface area contributed by atoms with E-state index >= 15 is 0 Å². The van der Waals surface area contributed by atoms with Crippen molar-refractivity contribution < 1.29 is 9.90 Å². The lowest BCUT2D eigenvalue weighted by atomic mass is 10.0. The lowest BCUT2D eigenvalue weighted by molar-refractivity contribution is -0.133. The Balaban J connectivity index is 3.00. The summed E-state index contributed by atoms with van der Waals surface area (Å²) in [5, 5.41) is 18.0. The Bertz CT molecular complexity index is 414. The molecule has 0 aliphatic rings. The van der Waals surface area contributed by atoms with Gasteiger partial charge in [-0.05, 0) is 18.8 Å². The van der Waals surface area contributed by atoms with E-state index in [2.05, 4.69) is 42.5 Å². The van der Waals surface area contributed by atoms with Crippen molar-refractivity contribution in [2.75, 3.05) is 5.75 Å². The maximum atomic E-state index is 10.7. The number of aromatic nitrogens is 3. The molecule has 0 amide bonds. The van der Waals surface area contributed by atoms with Gasteiger partial charge in [0.25, 0.3) is 0 Å². The van der Waals surface area contributed by atoms with Crippen LogP contribution in [0.3, 0.4) is 0 Å². The number of rotatable bonds is 8. The van der Waals surface area contributed by atoms with Crippen molar-refractivity contribution in [3.8, 4) is 0 Å². The average molecular weight is 285 g/mol. The first kappa shape index (κ1) is 16.0. The number of hydrogen-bond donors (Lipinski definition) is 1. The van der Waals surface area contributed by atoms with Gasteiger partial charge < -0.3 is 9.67 Å². The monoisotopic (exact) mass is 285 g/mol. The minimum absolute atomic E-state index is 0.0269. The maximum absolute atomic E-state index is 10.7. The first-order valence-electron chi connectivity index (χ1n) is 6.77. The predicted octanol–water partition coefficient (Wildman–Crippen LogP) is 3.01. The van der Waals surface area contributed by atoms with Gasteiger partial charge in [0.15, 0.2) is 5.16 Å². The van der Waals surface area contributed by atoms with Crippen LogP contribution < -0.4 is 0 Å². The van der Waals surface area contributed by atoms with E-state index in [0.29, 0.717) is 11.8 Å². The highest BCUT2D eigenvalue weighted by Crippen LogP contribution is 2.26. The smallest absolute Gasteiger partial charge is 0.313 e. The molecule has 5 nitrogen and oxygen atoms in total. The van der Waals surface area contributed by atoms with Crippen LogP contribution in [0.15, 0.2) is 5.16 Å². The van der Waals surface area contributed by atoms with Gasteiger partial charge in [0, 0.05) is 12.5 Å². The van der Waals surface area contributed by atoms with E-state index in [1.54, 1.807) is 0 Å². The highest BCUT2D eigenvalue weighted by molar-refractivity contribution is 7.99. The number of carbonyl (C=O) groups is 1. The van der Waals surface area contributed by atoms with Gasteiger partial charge in [0.05, 0.1) is 5.75 Å². The zero-order valence-electron chi connectivity index (χ0n) is 12.1. The Hall–Kier alpha value is -1.04. The third kappa shape index (κ3) is 4.53. The highest BCUT2D eigenvalue weighted by Gasteiger charge is 2.20. The molecule has 0 unspecified atom stereocenters. The Kier molecular flexibility index (Phi) is 6.34. The van der Waals surface area contributed by atoms with Gasteiger partial charge in [0.2, 0.25) is 0 Å². The quantitative estimate of drug-likeness (QED) is 0.744. The van der Waals surface area contributed by atoms with Gasteiger partial charge in [-0.15, -0.1) is 10.2 Å². The zero-order chi connectivity index (χ0) is 14.4. The van der Waals surface area contributed by atoms with Crippen LogP contribution in [0.25, 0.3) is 0 Å². The van der Waals surface area contributed by atoms with Gasteiger partial charge in [-0.3, -0.25) is 4.79 Å². The Labute approximate surface area is 118 Å². The molecule has 1 aromatic rings. The number of nitrogens with zero attached hydrogens (tertiary/aromatic N) is 3. The standard InChI is InChI=1S/C13H23N3O2S/c1-5-10(6-2)12-14-15-13(19-8-11(17)18)16(12)7-9(3)4/h9-10H,5-8H2,1-4H3,(H,17,18). The first-order chi connectivity index (χ1) is 8.99. The van der Waals surface area contributed by atoms with Gasteiger partial charge in [-0.1, -0.05) is 39.5 Å². The third-order valence-corrected chi connectivity index (χ3v) is 3.92. The summed E-state index contributed by atoms with van der Waals surface area (Å²) >= 11 is 1.25. The van der Waals surface area contributed by atoms with Crippen LogP contribution in [0.2, 0.25) is 0 Å². The topological polar surface area (TPSA) is 68.0 Å². The van der Waals surface area contributed by atoms with Crippen LogP contribution in [-0.2, 0) is 11.3 Å². The average Bonchev–Trinajstić information content (AvgIpc) is 2.71. The molecule has 19 heavy (non-hydrogen) atoms. The molecule has 0 aromatic carbocycles. The van der Waals surface area contributed by atoms with Crippen LogP contribution in [0.5, 0.6) is 0 Å². The molecule has 0 saturated carbocycles. The van der Waals surface area contributed by atoms with Crippen molar-refractivity contribution in [2.45, 2.75) is 58.2 Å². The SMILES string of the molecule is CCC(CC)c1nnc(SCC(=O)O)n1CC(C)C. The third-order valence-electron chi connectivity index (χ3n) is 2.97. The maximum Gasteiger partial charge on any atom is 0.313 e. The molecule has 0 radical (unpaired) electrons. The Morgan fingerprint density at radius 1 is 1.32 bits per heavy atom. The molecule has 108 valence electrons. The summed E-state index contributed by atoms with van der Waals surface area (Å²) in [6.45, 7) is 9.41. The molecule has 0 atom stereocenters. The molecule has 1 rings (SSSR count). The van der Waals surface area contributed by atoms with Gasteiger partial charge >= 0.3 is 5.97 Å². The summed E-state index contributed by atoms with van der Waals surface area (Å²) in [6, 6.07) is 0. The molecule has 0 aliphatic carbocycles. The normalized spacial score (nSPS) is 11.5. The van der Waals surface area contributed by atoms with Gasteiger partial charge in [-0.2, -0.15) is 0 Å². The number of carboxylic acid groups (broad SMARTS) is 1. The Morgan fingerprint density at radius 2 is 1.95 bits per heavy atom. The summed E-state index contributed by atoms with van der Waals surface area (Å²) in [5.41, 5.74) is 0. The zero-order valence-corrected chi connectivity index (χ0v) is 12.9. The number of aliphatic carboxylic acids is 1. The molecule has 0 spiro atoms. The summed E-state index contributed by atoms with van der Waals surface area (Å²) < 4.78 is 2.09. The lowest BCUT2D eigenvalue weighted by Gasteiger charge is -2.16. The van der Waals surface area contributed by atoms with Crippen LogP contribution in [0.4, 0.5) is 0 Å². The van der Waals surface area contributed by atoms with Gasteiger partial charge in [0.1, 0.15) is 5.82 Å². The fourth-order valence-electron chi connectivity index (χ4n) is 2.03. The fraction of sp³-hybridized carbons (Fsp3) is 0.769. The molecular formula is C13H23N3O2S. The molecule has 0 bridgehead atoms. The molecule has 1 N–H and O–H groups in total. The van der Waals surface area contributed by atoms with Crippen molar-refractivity contribution in [2.24, 2.45) is 5.92 Å². The van der Waals surface area contributed by atoms with E-state index in [-0.39, 0.29) is 5.75 Å².